The molecule has 0 saturated heterocycles. The SMILES string of the molecule is Cc1ccc(C(O)c2cc(C)nn2C)cc1. The molecule has 1 N–H and O–H groups in total. The maximum Gasteiger partial charge on any atom is 0.121 e. The Bertz CT molecular complexity index is 485. The highest BCUT2D eigenvalue weighted by Crippen LogP contribution is 2.22. The average Bonchev–Trinajstić information content (AvgIpc) is 2.58. The van der Waals surface area contributed by atoms with Gasteiger partial charge in [-0.15, -0.1) is 0 Å². The van der Waals surface area contributed by atoms with Gasteiger partial charge in [0.05, 0.1) is 11.4 Å². The van der Waals surface area contributed by atoms with Crippen LogP contribution < -0.4 is 0 Å². The zero-order valence-electron chi connectivity index (χ0n) is 9.81. The number of hydrogen-bond acceptors (Lipinski definition) is 2. The first-order chi connectivity index (χ1) is 7.58. The van der Waals surface area contributed by atoms with E-state index in [1.54, 1.807) is 4.68 Å². The van der Waals surface area contributed by atoms with Gasteiger partial charge in [-0.3, -0.25) is 4.68 Å². The standard InChI is InChI=1S/C13H16N2O/c1-9-4-6-11(7-5-9)13(16)12-8-10(2)14-15(12)3/h4-8,13,16H,1-3H3. The van der Waals surface area contributed by atoms with Gasteiger partial charge in [-0.2, -0.15) is 5.10 Å². The Morgan fingerprint density at radius 2 is 1.81 bits per heavy atom. The molecule has 0 saturated carbocycles. The third-order valence-corrected chi connectivity index (χ3v) is 2.71. The van der Waals surface area contributed by atoms with Crippen LogP contribution in [0.25, 0.3) is 0 Å². The second-order valence-corrected chi connectivity index (χ2v) is 4.15. The van der Waals surface area contributed by atoms with Gasteiger partial charge in [-0.25, -0.2) is 0 Å². The van der Waals surface area contributed by atoms with Crippen molar-refractivity contribution >= 4 is 0 Å². The summed E-state index contributed by atoms with van der Waals surface area (Å²) < 4.78 is 1.72. The Morgan fingerprint density at radius 1 is 1.19 bits per heavy atom. The van der Waals surface area contributed by atoms with Crippen LogP contribution in [0.5, 0.6) is 0 Å². The Kier molecular flexibility index (Phi) is 2.79. The van der Waals surface area contributed by atoms with Gasteiger partial charge in [0.15, 0.2) is 0 Å². The molecule has 84 valence electrons. The summed E-state index contributed by atoms with van der Waals surface area (Å²) >= 11 is 0. The summed E-state index contributed by atoms with van der Waals surface area (Å²) in [6.45, 7) is 3.95. The van der Waals surface area contributed by atoms with Gasteiger partial charge in [-0.05, 0) is 25.5 Å². The Labute approximate surface area is 95.3 Å². The molecular weight excluding hydrogens is 200 g/mol. The maximum absolute atomic E-state index is 10.2. The van der Waals surface area contributed by atoms with Gasteiger partial charge >= 0.3 is 0 Å². The second-order valence-electron chi connectivity index (χ2n) is 4.15. The zero-order valence-corrected chi connectivity index (χ0v) is 9.81. The van der Waals surface area contributed by atoms with Crippen molar-refractivity contribution in [2.24, 2.45) is 7.05 Å². The molecular formula is C13H16N2O. The van der Waals surface area contributed by atoms with Gasteiger partial charge in [0.25, 0.3) is 0 Å². The molecule has 2 rings (SSSR count). The molecule has 1 unspecified atom stereocenters. The summed E-state index contributed by atoms with van der Waals surface area (Å²) in [5, 5.41) is 14.4. The third kappa shape index (κ3) is 1.99. The fraction of sp³-hybridized carbons (Fsp3) is 0.308. The van der Waals surface area contributed by atoms with Crippen molar-refractivity contribution in [1.82, 2.24) is 9.78 Å². The molecule has 2 aromatic rings. The number of rotatable bonds is 2. The van der Waals surface area contributed by atoms with Crippen molar-refractivity contribution in [3.63, 3.8) is 0 Å². The quantitative estimate of drug-likeness (QED) is 0.835. The van der Waals surface area contributed by atoms with Crippen LogP contribution in [0.4, 0.5) is 0 Å². The van der Waals surface area contributed by atoms with Crippen LogP contribution in [-0.4, -0.2) is 14.9 Å². The molecule has 0 spiro atoms. The summed E-state index contributed by atoms with van der Waals surface area (Å²) in [6, 6.07) is 9.80. The maximum atomic E-state index is 10.2. The number of aliphatic hydroxyl groups excluding tert-OH is 1. The van der Waals surface area contributed by atoms with Crippen LogP contribution >= 0.6 is 0 Å². The lowest BCUT2D eigenvalue weighted by Crippen LogP contribution is -2.06. The summed E-state index contributed by atoms with van der Waals surface area (Å²) in [5.41, 5.74) is 3.83. The Hall–Kier alpha value is -1.61. The van der Waals surface area contributed by atoms with E-state index in [1.807, 2.05) is 51.2 Å². The molecule has 3 nitrogen and oxygen atoms in total. The third-order valence-electron chi connectivity index (χ3n) is 2.71. The molecule has 0 aliphatic rings. The average molecular weight is 216 g/mol. The van der Waals surface area contributed by atoms with E-state index in [2.05, 4.69) is 5.10 Å². The van der Waals surface area contributed by atoms with E-state index in [4.69, 9.17) is 0 Å². The molecule has 0 fully saturated rings. The van der Waals surface area contributed by atoms with E-state index in [0.29, 0.717) is 0 Å². The van der Waals surface area contributed by atoms with E-state index < -0.39 is 6.10 Å². The fourth-order valence-corrected chi connectivity index (χ4v) is 1.81. The van der Waals surface area contributed by atoms with Crippen molar-refractivity contribution in [2.45, 2.75) is 20.0 Å². The highest BCUT2D eigenvalue weighted by atomic mass is 16.3. The fourth-order valence-electron chi connectivity index (χ4n) is 1.81. The largest absolute Gasteiger partial charge is 0.382 e. The van der Waals surface area contributed by atoms with E-state index >= 15 is 0 Å². The second kappa shape index (κ2) is 4.10. The smallest absolute Gasteiger partial charge is 0.121 e. The minimum Gasteiger partial charge on any atom is -0.382 e. The molecule has 0 aliphatic carbocycles. The van der Waals surface area contributed by atoms with E-state index in [-0.39, 0.29) is 0 Å². The molecule has 0 aliphatic heterocycles. The van der Waals surface area contributed by atoms with Gasteiger partial charge in [0, 0.05) is 7.05 Å². The van der Waals surface area contributed by atoms with Crippen LogP contribution in [0, 0.1) is 13.8 Å². The summed E-state index contributed by atoms with van der Waals surface area (Å²) in [5.74, 6) is 0. The van der Waals surface area contributed by atoms with Gasteiger partial charge in [-0.1, -0.05) is 29.8 Å². The first-order valence-corrected chi connectivity index (χ1v) is 5.33. The highest BCUT2D eigenvalue weighted by Gasteiger charge is 2.14. The number of aromatic nitrogens is 2. The van der Waals surface area contributed by atoms with Crippen molar-refractivity contribution in [2.75, 3.05) is 0 Å². The van der Waals surface area contributed by atoms with E-state index in [9.17, 15) is 5.11 Å². The molecule has 0 bridgehead atoms. The highest BCUT2D eigenvalue weighted by molar-refractivity contribution is 5.29. The van der Waals surface area contributed by atoms with Crippen LogP contribution in [-0.2, 0) is 7.05 Å². The summed E-state index contributed by atoms with van der Waals surface area (Å²) in [7, 11) is 1.85. The van der Waals surface area contributed by atoms with Crippen molar-refractivity contribution in [1.29, 1.82) is 0 Å². The number of hydrogen-bond donors (Lipinski definition) is 1. The molecule has 0 radical (unpaired) electrons. The first kappa shape index (κ1) is 10.9. The van der Waals surface area contributed by atoms with E-state index in [1.165, 1.54) is 5.56 Å². The van der Waals surface area contributed by atoms with Gasteiger partial charge in [0.1, 0.15) is 6.10 Å². The monoisotopic (exact) mass is 216 g/mol. The predicted molar refractivity (Wildman–Crippen MR) is 63.2 cm³/mol. The zero-order chi connectivity index (χ0) is 11.7. The van der Waals surface area contributed by atoms with Gasteiger partial charge in [0.2, 0.25) is 0 Å². The van der Waals surface area contributed by atoms with Crippen LogP contribution in [0.3, 0.4) is 0 Å². The van der Waals surface area contributed by atoms with Crippen molar-refractivity contribution < 1.29 is 5.11 Å². The molecule has 3 heteroatoms. The van der Waals surface area contributed by atoms with Crippen LogP contribution in [0.1, 0.15) is 28.6 Å². The topological polar surface area (TPSA) is 38.1 Å². The summed E-state index contributed by atoms with van der Waals surface area (Å²) in [4.78, 5) is 0. The molecule has 0 amide bonds. The molecule has 1 heterocycles. The normalized spacial score (nSPS) is 12.8. The minimum atomic E-state index is -0.605. The molecule has 1 aromatic heterocycles. The number of benzene rings is 1. The lowest BCUT2D eigenvalue weighted by molar-refractivity contribution is 0.210. The predicted octanol–water partition coefficient (Wildman–Crippen LogP) is 2.12. The molecule has 16 heavy (non-hydrogen) atoms. The van der Waals surface area contributed by atoms with Crippen molar-refractivity contribution in [3.05, 3.63) is 52.8 Å². The number of aryl methyl sites for hydroxylation is 3. The first-order valence-electron chi connectivity index (χ1n) is 5.33. The van der Waals surface area contributed by atoms with E-state index in [0.717, 1.165) is 17.0 Å². The molecule has 1 atom stereocenters. The lowest BCUT2D eigenvalue weighted by atomic mass is 10.0. The van der Waals surface area contributed by atoms with Crippen LogP contribution in [0.2, 0.25) is 0 Å². The Morgan fingerprint density at radius 3 is 2.31 bits per heavy atom. The minimum absolute atomic E-state index is 0.605. The lowest BCUT2D eigenvalue weighted by Gasteiger charge is -2.11. The molecule has 1 aromatic carbocycles. The van der Waals surface area contributed by atoms with Crippen LogP contribution in [0.15, 0.2) is 30.3 Å². The summed E-state index contributed by atoms with van der Waals surface area (Å²) in [6.07, 6.45) is -0.605. The van der Waals surface area contributed by atoms with Crippen molar-refractivity contribution in [3.8, 4) is 0 Å². The van der Waals surface area contributed by atoms with Gasteiger partial charge < -0.3 is 5.11 Å². The number of nitrogens with zero attached hydrogens (tertiary/aromatic N) is 2. The number of aliphatic hydroxyl groups is 1. The Balaban J connectivity index is 2.35.